The number of carbonyl (C=O) groups excluding carboxylic acids is 2. The number of ether oxygens (including phenoxy) is 1. The van der Waals surface area contributed by atoms with Gasteiger partial charge in [0.15, 0.2) is 0 Å². The van der Waals surface area contributed by atoms with Gasteiger partial charge in [0.05, 0.1) is 18.4 Å². The third-order valence-corrected chi connectivity index (χ3v) is 7.22. The molecule has 0 spiro atoms. The number of piperazine rings is 1. The molecular weight excluding hydrogens is 416 g/mol. The molecule has 7 nitrogen and oxygen atoms in total. The van der Waals surface area contributed by atoms with Crippen LogP contribution >= 0.6 is 0 Å². The minimum atomic E-state index is 0.0433. The van der Waals surface area contributed by atoms with E-state index in [2.05, 4.69) is 28.9 Å². The predicted molar refractivity (Wildman–Crippen MR) is 129 cm³/mol. The minimum absolute atomic E-state index is 0.0433. The Morgan fingerprint density at radius 3 is 2.45 bits per heavy atom. The molecule has 2 fully saturated rings. The highest BCUT2D eigenvalue weighted by atomic mass is 16.5. The molecule has 33 heavy (non-hydrogen) atoms. The molecule has 0 N–H and O–H groups in total. The SMILES string of the molecule is CCN1c2cc(C(=O)N3CCN(c4ccc(OC)cc4)CC3)ccc2C(=O)N2CCCC[C@@H]21. The second-order valence-electron chi connectivity index (χ2n) is 8.97. The molecule has 0 aromatic heterocycles. The van der Waals surface area contributed by atoms with Gasteiger partial charge >= 0.3 is 0 Å². The van der Waals surface area contributed by atoms with Crippen molar-refractivity contribution in [3.63, 3.8) is 0 Å². The first-order chi connectivity index (χ1) is 16.1. The second-order valence-corrected chi connectivity index (χ2v) is 8.97. The molecule has 0 saturated carbocycles. The van der Waals surface area contributed by atoms with Crippen molar-refractivity contribution in [1.29, 1.82) is 0 Å². The summed E-state index contributed by atoms with van der Waals surface area (Å²) < 4.78 is 5.25. The van der Waals surface area contributed by atoms with Crippen LogP contribution in [0.5, 0.6) is 5.75 Å². The van der Waals surface area contributed by atoms with E-state index in [0.717, 1.165) is 68.1 Å². The van der Waals surface area contributed by atoms with Crippen LogP contribution in [0.3, 0.4) is 0 Å². The highest BCUT2D eigenvalue weighted by Crippen LogP contribution is 2.36. The third kappa shape index (κ3) is 3.90. The Labute approximate surface area is 195 Å². The number of hydrogen-bond donors (Lipinski definition) is 0. The van der Waals surface area contributed by atoms with Crippen LogP contribution in [0.1, 0.15) is 46.9 Å². The molecular formula is C26H32N4O3. The van der Waals surface area contributed by atoms with Crippen molar-refractivity contribution in [2.75, 3.05) is 56.2 Å². The Hall–Kier alpha value is -3.22. The lowest BCUT2D eigenvalue weighted by Crippen LogP contribution is -2.57. The van der Waals surface area contributed by atoms with Crippen LogP contribution < -0.4 is 14.5 Å². The van der Waals surface area contributed by atoms with Crippen LogP contribution in [0, 0.1) is 0 Å². The predicted octanol–water partition coefficient (Wildman–Crippen LogP) is 3.45. The monoisotopic (exact) mass is 448 g/mol. The summed E-state index contributed by atoms with van der Waals surface area (Å²) in [5.41, 5.74) is 3.44. The van der Waals surface area contributed by atoms with Crippen LogP contribution in [0.2, 0.25) is 0 Å². The van der Waals surface area contributed by atoms with Crippen molar-refractivity contribution < 1.29 is 14.3 Å². The Kier molecular flexibility index (Phi) is 5.87. The van der Waals surface area contributed by atoms with Gasteiger partial charge in [-0.2, -0.15) is 0 Å². The Morgan fingerprint density at radius 2 is 1.76 bits per heavy atom. The van der Waals surface area contributed by atoms with Crippen molar-refractivity contribution >= 4 is 23.2 Å². The van der Waals surface area contributed by atoms with Crippen molar-refractivity contribution in [1.82, 2.24) is 9.80 Å². The number of rotatable bonds is 4. The van der Waals surface area contributed by atoms with Gasteiger partial charge in [0, 0.05) is 50.5 Å². The Morgan fingerprint density at radius 1 is 1.00 bits per heavy atom. The van der Waals surface area contributed by atoms with Gasteiger partial charge in [-0.05, 0) is 68.7 Å². The molecule has 5 rings (SSSR count). The van der Waals surface area contributed by atoms with Gasteiger partial charge in [0.1, 0.15) is 11.9 Å². The zero-order valence-corrected chi connectivity index (χ0v) is 19.5. The summed E-state index contributed by atoms with van der Waals surface area (Å²) >= 11 is 0. The van der Waals surface area contributed by atoms with Gasteiger partial charge in [-0.1, -0.05) is 0 Å². The summed E-state index contributed by atoms with van der Waals surface area (Å²) in [7, 11) is 1.67. The average Bonchev–Trinajstić information content (AvgIpc) is 2.88. The summed E-state index contributed by atoms with van der Waals surface area (Å²) in [5.74, 6) is 0.990. The molecule has 2 amide bonds. The number of benzene rings is 2. The van der Waals surface area contributed by atoms with E-state index in [-0.39, 0.29) is 18.0 Å². The lowest BCUT2D eigenvalue weighted by molar-refractivity contribution is 0.0581. The van der Waals surface area contributed by atoms with E-state index in [0.29, 0.717) is 18.7 Å². The van der Waals surface area contributed by atoms with Gasteiger partial charge < -0.3 is 24.3 Å². The Balaban J connectivity index is 1.31. The number of amides is 2. The zero-order chi connectivity index (χ0) is 22.9. The summed E-state index contributed by atoms with van der Waals surface area (Å²) in [6, 6.07) is 13.7. The summed E-state index contributed by atoms with van der Waals surface area (Å²) in [4.78, 5) is 35.0. The molecule has 0 bridgehead atoms. The van der Waals surface area contributed by atoms with E-state index < -0.39 is 0 Å². The van der Waals surface area contributed by atoms with E-state index in [1.54, 1.807) is 7.11 Å². The number of hydrogen-bond acceptors (Lipinski definition) is 5. The molecule has 1 atom stereocenters. The smallest absolute Gasteiger partial charge is 0.257 e. The fourth-order valence-corrected chi connectivity index (χ4v) is 5.40. The largest absolute Gasteiger partial charge is 0.497 e. The summed E-state index contributed by atoms with van der Waals surface area (Å²) in [5, 5.41) is 0. The molecule has 3 aliphatic heterocycles. The maximum atomic E-state index is 13.3. The zero-order valence-electron chi connectivity index (χ0n) is 19.5. The van der Waals surface area contributed by atoms with Crippen molar-refractivity contribution in [3.05, 3.63) is 53.6 Å². The first kappa shape index (κ1) is 21.6. The minimum Gasteiger partial charge on any atom is -0.497 e. The standard InChI is InChI=1S/C26H32N4O3/c1-3-29-23-18-19(7-12-22(23)26(32)30-13-5-4-6-24(29)30)25(31)28-16-14-27(15-17-28)20-8-10-21(33-2)11-9-20/h7-12,18,24H,3-6,13-17H2,1-2H3/t24-/m1/s1. The topological polar surface area (TPSA) is 56.3 Å². The molecule has 2 saturated heterocycles. The van der Waals surface area contributed by atoms with E-state index in [1.165, 1.54) is 0 Å². The van der Waals surface area contributed by atoms with Gasteiger partial charge in [-0.15, -0.1) is 0 Å². The number of carbonyl (C=O) groups is 2. The van der Waals surface area contributed by atoms with Crippen molar-refractivity contribution in [2.24, 2.45) is 0 Å². The highest BCUT2D eigenvalue weighted by Gasteiger charge is 2.38. The molecule has 0 aliphatic carbocycles. The third-order valence-electron chi connectivity index (χ3n) is 7.22. The first-order valence-electron chi connectivity index (χ1n) is 12.0. The number of piperidine rings is 1. The number of nitrogens with zero attached hydrogens (tertiary/aromatic N) is 4. The van der Waals surface area contributed by atoms with Gasteiger partial charge in [0.2, 0.25) is 0 Å². The van der Waals surface area contributed by atoms with Gasteiger partial charge in [-0.25, -0.2) is 0 Å². The molecule has 0 unspecified atom stereocenters. The number of methoxy groups -OCH3 is 1. The summed E-state index contributed by atoms with van der Waals surface area (Å²) in [6.07, 6.45) is 3.30. The number of fused-ring (bicyclic) bond motifs is 2. The van der Waals surface area contributed by atoms with Crippen molar-refractivity contribution in [3.8, 4) is 5.75 Å². The van der Waals surface area contributed by atoms with Crippen LogP contribution in [0.25, 0.3) is 0 Å². The van der Waals surface area contributed by atoms with Gasteiger partial charge in [-0.3, -0.25) is 9.59 Å². The van der Waals surface area contributed by atoms with Crippen LogP contribution in [-0.4, -0.2) is 74.2 Å². The molecule has 0 radical (unpaired) electrons. The molecule has 3 aliphatic rings. The molecule has 3 heterocycles. The Bertz CT molecular complexity index is 1030. The normalized spacial score (nSPS) is 20.4. The van der Waals surface area contributed by atoms with Crippen molar-refractivity contribution in [2.45, 2.75) is 32.4 Å². The van der Waals surface area contributed by atoms with Crippen LogP contribution in [-0.2, 0) is 0 Å². The fraction of sp³-hybridized carbons (Fsp3) is 0.462. The maximum absolute atomic E-state index is 13.3. The lowest BCUT2D eigenvalue weighted by Gasteiger charge is -2.47. The molecule has 174 valence electrons. The van der Waals surface area contributed by atoms with E-state index >= 15 is 0 Å². The van der Waals surface area contributed by atoms with Crippen LogP contribution in [0.15, 0.2) is 42.5 Å². The maximum Gasteiger partial charge on any atom is 0.257 e. The average molecular weight is 449 g/mol. The molecule has 7 heteroatoms. The van der Waals surface area contributed by atoms with E-state index in [9.17, 15) is 9.59 Å². The lowest BCUT2D eigenvalue weighted by atomic mass is 9.97. The quantitative estimate of drug-likeness (QED) is 0.717. The summed E-state index contributed by atoms with van der Waals surface area (Å²) in [6.45, 7) is 6.69. The fourth-order valence-electron chi connectivity index (χ4n) is 5.40. The first-order valence-corrected chi connectivity index (χ1v) is 12.0. The molecule has 2 aromatic carbocycles. The van der Waals surface area contributed by atoms with Crippen LogP contribution in [0.4, 0.5) is 11.4 Å². The highest BCUT2D eigenvalue weighted by molar-refractivity contribution is 6.04. The van der Waals surface area contributed by atoms with E-state index in [1.807, 2.05) is 40.1 Å². The second kappa shape index (κ2) is 8.96. The van der Waals surface area contributed by atoms with E-state index in [4.69, 9.17) is 4.74 Å². The van der Waals surface area contributed by atoms with Gasteiger partial charge in [0.25, 0.3) is 11.8 Å². The molecule has 2 aromatic rings. The number of anilines is 2.